The maximum Gasteiger partial charge on any atom is 0.264 e. The minimum Gasteiger partial charge on any atom is -0.335 e. The number of imidazole rings is 1. The van der Waals surface area contributed by atoms with Gasteiger partial charge in [0.2, 0.25) is 0 Å². The van der Waals surface area contributed by atoms with Crippen LogP contribution >= 0.6 is 0 Å². The molecule has 0 radical (unpaired) electrons. The third-order valence-corrected chi connectivity index (χ3v) is 4.02. The first-order valence-electron chi connectivity index (χ1n) is 6.38. The van der Waals surface area contributed by atoms with Gasteiger partial charge in [0, 0.05) is 12.4 Å². The highest BCUT2D eigenvalue weighted by Gasteiger charge is 2.27. The highest BCUT2D eigenvalue weighted by atomic mass is 32.2. The Morgan fingerprint density at radius 1 is 1.39 bits per heavy atom. The monoisotopic (exact) mass is 272 g/mol. The van der Waals surface area contributed by atoms with Crippen molar-refractivity contribution in [3.8, 4) is 0 Å². The van der Waals surface area contributed by atoms with Gasteiger partial charge < -0.3 is 4.57 Å². The fourth-order valence-corrected chi connectivity index (χ4v) is 3.26. The van der Waals surface area contributed by atoms with Crippen LogP contribution in [-0.4, -0.2) is 30.3 Å². The van der Waals surface area contributed by atoms with E-state index in [1.54, 1.807) is 12.5 Å². The van der Waals surface area contributed by atoms with Crippen LogP contribution in [0.2, 0.25) is 0 Å². The Morgan fingerprint density at radius 2 is 2.11 bits per heavy atom. The summed E-state index contributed by atoms with van der Waals surface area (Å²) in [5.74, 6) is 0.330. The van der Waals surface area contributed by atoms with Gasteiger partial charge in [-0.2, -0.15) is 8.42 Å². The summed E-state index contributed by atoms with van der Waals surface area (Å²) in [6, 6.07) is 0. The smallest absolute Gasteiger partial charge is 0.264 e. The summed E-state index contributed by atoms with van der Waals surface area (Å²) in [6.45, 7) is 0.553. The summed E-state index contributed by atoms with van der Waals surface area (Å²) < 4.78 is 29.9. The van der Waals surface area contributed by atoms with Crippen LogP contribution in [0.15, 0.2) is 18.7 Å². The van der Waals surface area contributed by atoms with Crippen LogP contribution in [0.5, 0.6) is 0 Å². The zero-order valence-electron chi connectivity index (χ0n) is 10.7. The van der Waals surface area contributed by atoms with Crippen molar-refractivity contribution in [2.45, 2.75) is 44.8 Å². The van der Waals surface area contributed by atoms with Crippen LogP contribution in [0.1, 0.15) is 32.1 Å². The number of aromatic nitrogens is 2. The number of hydrogen-bond acceptors (Lipinski definition) is 4. The molecule has 1 aromatic rings. The van der Waals surface area contributed by atoms with Gasteiger partial charge in [0.25, 0.3) is 10.1 Å². The molecule has 0 N–H and O–H groups in total. The van der Waals surface area contributed by atoms with Crippen molar-refractivity contribution in [1.82, 2.24) is 9.55 Å². The lowest BCUT2D eigenvalue weighted by atomic mass is 9.85. The Labute approximate surface area is 108 Å². The zero-order valence-corrected chi connectivity index (χ0v) is 11.5. The van der Waals surface area contributed by atoms with Gasteiger partial charge in [0.15, 0.2) is 0 Å². The molecule has 0 saturated heterocycles. The summed E-state index contributed by atoms with van der Waals surface area (Å²) >= 11 is 0. The largest absolute Gasteiger partial charge is 0.335 e. The number of nitrogens with zero attached hydrogens (tertiary/aromatic N) is 2. The van der Waals surface area contributed by atoms with Gasteiger partial charge in [-0.25, -0.2) is 4.98 Å². The lowest BCUT2D eigenvalue weighted by molar-refractivity contribution is 0.0989. The highest BCUT2D eigenvalue weighted by Crippen LogP contribution is 2.29. The highest BCUT2D eigenvalue weighted by molar-refractivity contribution is 7.86. The van der Waals surface area contributed by atoms with Crippen molar-refractivity contribution in [2.75, 3.05) is 6.26 Å². The Morgan fingerprint density at radius 3 is 2.67 bits per heavy atom. The molecule has 0 bridgehead atoms. The Hall–Kier alpha value is -0.880. The minimum atomic E-state index is -3.41. The van der Waals surface area contributed by atoms with E-state index in [0.29, 0.717) is 12.5 Å². The molecule has 2 rings (SSSR count). The van der Waals surface area contributed by atoms with E-state index in [9.17, 15) is 8.42 Å². The second kappa shape index (κ2) is 5.84. The van der Waals surface area contributed by atoms with E-state index in [2.05, 4.69) is 4.98 Å². The van der Waals surface area contributed by atoms with Gasteiger partial charge in [-0.3, -0.25) is 4.18 Å². The van der Waals surface area contributed by atoms with E-state index < -0.39 is 10.1 Å². The van der Waals surface area contributed by atoms with E-state index >= 15 is 0 Å². The van der Waals surface area contributed by atoms with Crippen molar-refractivity contribution < 1.29 is 12.6 Å². The average Bonchev–Trinajstić information content (AvgIpc) is 2.80. The van der Waals surface area contributed by atoms with Crippen molar-refractivity contribution >= 4 is 10.1 Å². The van der Waals surface area contributed by atoms with Gasteiger partial charge in [0.05, 0.1) is 25.2 Å². The van der Waals surface area contributed by atoms with Crippen LogP contribution in [0.25, 0.3) is 0 Å². The number of hydrogen-bond donors (Lipinski definition) is 0. The second-order valence-corrected chi connectivity index (χ2v) is 6.60. The van der Waals surface area contributed by atoms with Crippen LogP contribution in [0.3, 0.4) is 0 Å². The SMILES string of the molecule is CS(=O)(=O)OC(Cn1ccnc1)C1CCCCC1. The molecule has 0 amide bonds. The molecule has 0 spiro atoms. The van der Waals surface area contributed by atoms with Gasteiger partial charge in [-0.05, 0) is 18.8 Å². The molecule has 1 fully saturated rings. The molecule has 1 unspecified atom stereocenters. The molecule has 1 saturated carbocycles. The summed E-state index contributed by atoms with van der Waals surface area (Å²) in [6.07, 6.45) is 11.8. The molecule has 1 aliphatic carbocycles. The molecular formula is C12H20N2O3S. The molecule has 18 heavy (non-hydrogen) atoms. The first-order valence-corrected chi connectivity index (χ1v) is 8.20. The van der Waals surface area contributed by atoms with E-state index in [1.165, 1.54) is 6.42 Å². The molecular weight excluding hydrogens is 252 g/mol. The third kappa shape index (κ3) is 4.10. The first-order chi connectivity index (χ1) is 8.54. The molecule has 1 aromatic heterocycles. The summed E-state index contributed by atoms with van der Waals surface area (Å²) in [7, 11) is -3.41. The van der Waals surface area contributed by atoms with E-state index in [1.807, 2.05) is 10.8 Å². The number of rotatable bonds is 5. The Balaban J connectivity index is 2.06. The topological polar surface area (TPSA) is 61.2 Å². The summed E-state index contributed by atoms with van der Waals surface area (Å²) in [5.41, 5.74) is 0. The second-order valence-electron chi connectivity index (χ2n) is 5.00. The van der Waals surface area contributed by atoms with Crippen molar-refractivity contribution in [2.24, 2.45) is 5.92 Å². The maximum atomic E-state index is 11.4. The van der Waals surface area contributed by atoms with Gasteiger partial charge in [0.1, 0.15) is 0 Å². The molecule has 1 heterocycles. The lowest BCUT2D eigenvalue weighted by Crippen LogP contribution is -2.32. The average molecular weight is 272 g/mol. The van der Waals surface area contributed by atoms with Crippen LogP contribution in [0.4, 0.5) is 0 Å². The van der Waals surface area contributed by atoms with Gasteiger partial charge in [-0.15, -0.1) is 0 Å². The Bertz CT molecular complexity index is 450. The Kier molecular flexibility index (Phi) is 4.40. The normalized spacial score (nSPS) is 19.8. The zero-order chi connectivity index (χ0) is 13.0. The van der Waals surface area contributed by atoms with E-state index in [4.69, 9.17) is 4.18 Å². The third-order valence-electron chi connectivity index (χ3n) is 3.42. The van der Waals surface area contributed by atoms with Gasteiger partial charge >= 0.3 is 0 Å². The quantitative estimate of drug-likeness (QED) is 0.767. The molecule has 6 heteroatoms. The first kappa shape index (κ1) is 13.5. The van der Waals surface area contributed by atoms with Crippen molar-refractivity contribution in [3.05, 3.63) is 18.7 Å². The van der Waals surface area contributed by atoms with E-state index in [-0.39, 0.29) is 6.10 Å². The summed E-state index contributed by atoms with van der Waals surface area (Å²) in [5, 5.41) is 0. The van der Waals surface area contributed by atoms with Crippen LogP contribution < -0.4 is 0 Å². The fourth-order valence-electron chi connectivity index (χ4n) is 2.59. The van der Waals surface area contributed by atoms with Crippen molar-refractivity contribution in [3.63, 3.8) is 0 Å². The van der Waals surface area contributed by atoms with Crippen LogP contribution in [-0.2, 0) is 20.8 Å². The van der Waals surface area contributed by atoms with Gasteiger partial charge in [-0.1, -0.05) is 19.3 Å². The van der Waals surface area contributed by atoms with Crippen LogP contribution in [0, 0.1) is 5.92 Å². The van der Waals surface area contributed by atoms with Crippen molar-refractivity contribution in [1.29, 1.82) is 0 Å². The fraction of sp³-hybridized carbons (Fsp3) is 0.750. The predicted molar refractivity (Wildman–Crippen MR) is 68.5 cm³/mol. The molecule has 1 atom stereocenters. The lowest BCUT2D eigenvalue weighted by Gasteiger charge is -2.29. The molecule has 0 aliphatic heterocycles. The standard InChI is InChI=1S/C12H20N2O3S/c1-18(15,16)17-12(9-14-8-7-13-10-14)11-5-3-2-4-6-11/h7-8,10-12H,2-6,9H2,1H3. The summed E-state index contributed by atoms with van der Waals surface area (Å²) in [4.78, 5) is 3.97. The minimum absolute atomic E-state index is 0.269. The molecule has 0 aromatic carbocycles. The maximum absolute atomic E-state index is 11.4. The molecule has 102 valence electrons. The predicted octanol–water partition coefficient (Wildman–Crippen LogP) is 1.81. The van der Waals surface area contributed by atoms with E-state index in [0.717, 1.165) is 31.9 Å². The molecule has 5 nitrogen and oxygen atoms in total. The molecule has 1 aliphatic rings.